The Morgan fingerprint density at radius 3 is 2.19 bits per heavy atom. The number of hydrogen-bond donors (Lipinski definition) is 2. The van der Waals surface area contributed by atoms with E-state index in [1.54, 1.807) is 0 Å². The van der Waals surface area contributed by atoms with Crippen LogP contribution in [0.1, 0.15) is 35.1 Å². The van der Waals surface area contributed by atoms with Crippen LogP contribution in [0.5, 0.6) is 0 Å². The van der Waals surface area contributed by atoms with E-state index < -0.39 is 0 Å². The van der Waals surface area contributed by atoms with Gasteiger partial charge in [0.2, 0.25) is 0 Å². The van der Waals surface area contributed by atoms with Crippen molar-refractivity contribution in [2.75, 3.05) is 18.4 Å². The van der Waals surface area contributed by atoms with E-state index in [4.69, 9.17) is 5.73 Å². The highest BCUT2D eigenvalue weighted by atomic mass is 127. The first-order valence-electron chi connectivity index (χ1n) is 9.04. The molecular formula is C21H29IN4. The molecule has 0 aromatic heterocycles. The molecule has 3 rings (SSSR count). The van der Waals surface area contributed by atoms with Crippen LogP contribution < -0.4 is 11.1 Å². The van der Waals surface area contributed by atoms with Gasteiger partial charge in [-0.2, -0.15) is 0 Å². The van der Waals surface area contributed by atoms with Crippen molar-refractivity contribution in [1.82, 2.24) is 4.90 Å². The molecule has 1 aliphatic rings. The number of benzene rings is 2. The summed E-state index contributed by atoms with van der Waals surface area (Å²) in [6, 6.07) is 15.0. The average Bonchev–Trinajstić information content (AvgIpc) is 3.06. The van der Waals surface area contributed by atoms with Crippen molar-refractivity contribution in [2.45, 2.75) is 39.8 Å². The number of aliphatic imine (C=N–C) groups is 1. The standard InChI is InChI=1S/C21H28N4.HI/c1-16-11-17(2)13-20(12-16)24-21(22)23-14-18-5-7-19(8-6-18)15-25-9-3-4-10-25;/h5-8,11-13H,3-4,9-10,14-15H2,1-2H3,(H3,22,23,24);1H. The second-order valence-electron chi connectivity index (χ2n) is 7.00. The number of guanidine groups is 1. The smallest absolute Gasteiger partial charge is 0.193 e. The van der Waals surface area contributed by atoms with Crippen LogP contribution in [0.2, 0.25) is 0 Å². The van der Waals surface area contributed by atoms with Crippen LogP contribution >= 0.6 is 24.0 Å². The fourth-order valence-corrected chi connectivity index (χ4v) is 3.36. The molecule has 1 fully saturated rings. The normalized spacial score (nSPS) is 14.9. The molecule has 1 heterocycles. The van der Waals surface area contributed by atoms with Crippen molar-refractivity contribution in [1.29, 1.82) is 0 Å². The number of halogens is 1. The summed E-state index contributed by atoms with van der Waals surface area (Å²) in [5.74, 6) is 0.450. The molecule has 140 valence electrons. The summed E-state index contributed by atoms with van der Waals surface area (Å²) in [6.07, 6.45) is 2.67. The number of hydrogen-bond acceptors (Lipinski definition) is 2. The highest BCUT2D eigenvalue weighted by Gasteiger charge is 2.11. The first-order valence-corrected chi connectivity index (χ1v) is 9.04. The zero-order valence-electron chi connectivity index (χ0n) is 15.7. The van der Waals surface area contributed by atoms with E-state index in [9.17, 15) is 0 Å². The van der Waals surface area contributed by atoms with E-state index in [1.807, 2.05) is 0 Å². The number of likely N-dealkylation sites (tertiary alicyclic amines) is 1. The topological polar surface area (TPSA) is 53.6 Å². The molecule has 5 heteroatoms. The van der Waals surface area contributed by atoms with Crippen LogP contribution in [0.4, 0.5) is 5.69 Å². The van der Waals surface area contributed by atoms with Gasteiger partial charge in [0, 0.05) is 12.2 Å². The Bertz CT molecular complexity index is 714. The number of anilines is 1. The van der Waals surface area contributed by atoms with E-state index >= 15 is 0 Å². The monoisotopic (exact) mass is 464 g/mol. The Hall–Kier alpha value is -1.60. The van der Waals surface area contributed by atoms with Crippen molar-refractivity contribution < 1.29 is 0 Å². The summed E-state index contributed by atoms with van der Waals surface area (Å²) < 4.78 is 0. The van der Waals surface area contributed by atoms with Gasteiger partial charge in [-0.25, -0.2) is 4.99 Å². The van der Waals surface area contributed by atoms with E-state index in [-0.39, 0.29) is 24.0 Å². The van der Waals surface area contributed by atoms with E-state index in [2.05, 4.69) is 71.5 Å². The summed E-state index contributed by atoms with van der Waals surface area (Å²) >= 11 is 0. The molecule has 0 atom stereocenters. The third kappa shape index (κ3) is 6.29. The summed E-state index contributed by atoms with van der Waals surface area (Å²) in [5.41, 5.74) is 12.0. The fourth-order valence-electron chi connectivity index (χ4n) is 3.36. The Labute approximate surface area is 173 Å². The largest absolute Gasteiger partial charge is 0.370 e. The van der Waals surface area contributed by atoms with Crippen molar-refractivity contribution in [2.24, 2.45) is 10.7 Å². The molecule has 2 aromatic carbocycles. The lowest BCUT2D eigenvalue weighted by Crippen LogP contribution is -2.22. The average molecular weight is 464 g/mol. The van der Waals surface area contributed by atoms with Gasteiger partial charge in [-0.1, -0.05) is 30.3 Å². The maximum absolute atomic E-state index is 6.02. The van der Waals surface area contributed by atoms with Gasteiger partial charge in [0.25, 0.3) is 0 Å². The van der Waals surface area contributed by atoms with Gasteiger partial charge >= 0.3 is 0 Å². The summed E-state index contributed by atoms with van der Waals surface area (Å²) in [7, 11) is 0. The first kappa shape index (κ1) is 20.7. The fraction of sp³-hybridized carbons (Fsp3) is 0.381. The molecule has 0 spiro atoms. The van der Waals surface area contributed by atoms with Crippen LogP contribution in [-0.2, 0) is 13.1 Å². The zero-order valence-corrected chi connectivity index (χ0v) is 18.0. The second-order valence-corrected chi connectivity index (χ2v) is 7.00. The van der Waals surface area contributed by atoms with E-state index in [0.717, 1.165) is 12.2 Å². The molecule has 0 aliphatic carbocycles. The molecule has 3 N–H and O–H groups in total. The number of nitrogens with two attached hydrogens (primary N) is 1. The Morgan fingerprint density at radius 1 is 1.00 bits per heavy atom. The van der Waals surface area contributed by atoms with Gasteiger partial charge in [0.15, 0.2) is 5.96 Å². The summed E-state index contributed by atoms with van der Waals surface area (Å²) in [4.78, 5) is 6.97. The van der Waals surface area contributed by atoms with Gasteiger partial charge in [0.05, 0.1) is 6.54 Å². The lowest BCUT2D eigenvalue weighted by molar-refractivity contribution is 0.331. The lowest BCUT2D eigenvalue weighted by atomic mass is 10.1. The van der Waals surface area contributed by atoms with Gasteiger partial charge in [-0.15, -0.1) is 24.0 Å². The third-order valence-corrected chi connectivity index (χ3v) is 4.55. The van der Waals surface area contributed by atoms with Gasteiger partial charge in [-0.3, -0.25) is 4.90 Å². The predicted molar refractivity (Wildman–Crippen MR) is 121 cm³/mol. The van der Waals surface area contributed by atoms with Gasteiger partial charge in [-0.05, 0) is 74.2 Å². The number of nitrogens with zero attached hydrogens (tertiary/aromatic N) is 2. The molecular weight excluding hydrogens is 435 g/mol. The third-order valence-electron chi connectivity index (χ3n) is 4.55. The molecule has 0 unspecified atom stereocenters. The molecule has 0 saturated carbocycles. The maximum Gasteiger partial charge on any atom is 0.193 e. The van der Waals surface area contributed by atoms with Crippen LogP contribution in [0.15, 0.2) is 47.5 Å². The van der Waals surface area contributed by atoms with Gasteiger partial charge in [0.1, 0.15) is 0 Å². The van der Waals surface area contributed by atoms with Crippen LogP contribution in [0, 0.1) is 13.8 Å². The van der Waals surface area contributed by atoms with Crippen molar-refractivity contribution >= 4 is 35.6 Å². The number of aryl methyl sites for hydroxylation is 2. The molecule has 4 nitrogen and oxygen atoms in total. The van der Waals surface area contributed by atoms with E-state index in [1.165, 1.54) is 48.2 Å². The lowest BCUT2D eigenvalue weighted by Gasteiger charge is -2.14. The molecule has 0 bridgehead atoms. The summed E-state index contributed by atoms with van der Waals surface area (Å²) in [5, 5.41) is 3.17. The number of nitrogens with one attached hydrogen (secondary N) is 1. The van der Waals surface area contributed by atoms with Crippen LogP contribution in [0.3, 0.4) is 0 Å². The molecule has 26 heavy (non-hydrogen) atoms. The van der Waals surface area contributed by atoms with Gasteiger partial charge < -0.3 is 11.1 Å². The minimum Gasteiger partial charge on any atom is -0.370 e. The Kier molecular flexibility index (Phi) is 7.90. The van der Waals surface area contributed by atoms with Crippen molar-refractivity contribution in [3.8, 4) is 0 Å². The highest BCUT2D eigenvalue weighted by Crippen LogP contribution is 2.15. The molecule has 0 amide bonds. The van der Waals surface area contributed by atoms with Crippen LogP contribution in [-0.4, -0.2) is 23.9 Å². The second kappa shape index (κ2) is 9.92. The quantitative estimate of drug-likeness (QED) is 0.391. The minimum atomic E-state index is 0. The predicted octanol–water partition coefficient (Wildman–Crippen LogP) is 4.44. The molecule has 1 aliphatic heterocycles. The Morgan fingerprint density at radius 2 is 1.58 bits per heavy atom. The molecule has 1 saturated heterocycles. The molecule has 2 aromatic rings. The Balaban J connectivity index is 0.00000243. The number of rotatable bonds is 5. The first-order chi connectivity index (χ1) is 12.1. The molecule has 0 radical (unpaired) electrons. The zero-order chi connectivity index (χ0) is 17.6. The SMILES string of the molecule is Cc1cc(C)cc(NC(N)=NCc2ccc(CN3CCCC3)cc2)c1.I. The van der Waals surface area contributed by atoms with E-state index in [0.29, 0.717) is 12.5 Å². The summed E-state index contributed by atoms with van der Waals surface area (Å²) in [6.45, 7) is 8.26. The van der Waals surface area contributed by atoms with Crippen molar-refractivity contribution in [3.63, 3.8) is 0 Å². The minimum absolute atomic E-state index is 0. The van der Waals surface area contributed by atoms with Crippen LogP contribution in [0.25, 0.3) is 0 Å². The van der Waals surface area contributed by atoms with Crippen molar-refractivity contribution in [3.05, 3.63) is 64.7 Å². The highest BCUT2D eigenvalue weighted by molar-refractivity contribution is 14.0. The maximum atomic E-state index is 6.02.